The largest absolute Gasteiger partial charge is 0.458 e. The standard InChI is InChI=1S/C21H23NO5S/c1-3-21(28-16(2)23,19(24)26-14-17-10-6-4-7-11-17)22-20(25)27-15-18-12-8-5-9-13-18/h4-13H,3,14-15H2,1-2H3,(H,22,25)/t21-/m0/s1. The number of esters is 1. The monoisotopic (exact) mass is 401 g/mol. The molecule has 0 aliphatic rings. The lowest BCUT2D eigenvalue weighted by Crippen LogP contribution is -2.53. The van der Waals surface area contributed by atoms with Crippen molar-refractivity contribution in [2.45, 2.75) is 38.4 Å². The molecule has 2 rings (SSSR count). The number of thioether (sulfide) groups is 1. The van der Waals surface area contributed by atoms with Gasteiger partial charge in [0.05, 0.1) is 0 Å². The fourth-order valence-electron chi connectivity index (χ4n) is 2.43. The van der Waals surface area contributed by atoms with E-state index in [2.05, 4.69) is 5.32 Å². The highest BCUT2D eigenvalue weighted by atomic mass is 32.2. The molecule has 148 valence electrons. The normalized spacial score (nSPS) is 12.5. The molecule has 0 heterocycles. The number of nitrogens with one attached hydrogen (secondary N) is 1. The van der Waals surface area contributed by atoms with Gasteiger partial charge < -0.3 is 9.47 Å². The lowest BCUT2D eigenvalue weighted by molar-refractivity contribution is -0.149. The Bertz CT molecular complexity index is 797. The number of rotatable bonds is 8. The number of benzene rings is 2. The Morgan fingerprint density at radius 2 is 1.39 bits per heavy atom. The zero-order chi connectivity index (χ0) is 20.4. The zero-order valence-corrected chi connectivity index (χ0v) is 16.7. The third-order valence-corrected chi connectivity index (χ3v) is 5.07. The summed E-state index contributed by atoms with van der Waals surface area (Å²) in [4.78, 5) is 35.2. The van der Waals surface area contributed by atoms with Gasteiger partial charge in [0, 0.05) is 6.92 Å². The van der Waals surface area contributed by atoms with E-state index in [9.17, 15) is 14.4 Å². The molecule has 28 heavy (non-hydrogen) atoms. The summed E-state index contributed by atoms with van der Waals surface area (Å²) >= 11 is 0.715. The molecule has 0 unspecified atom stereocenters. The van der Waals surface area contributed by atoms with Gasteiger partial charge in [-0.05, 0) is 29.3 Å². The third-order valence-electron chi connectivity index (χ3n) is 3.88. The van der Waals surface area contributed by atoms with E-state index in [0.717, 1.165) is 11.1 Å². The number of ether oxygens (including phenoxy) is 2. The highest BCUT2D eigenvalue weighted by Gasteiger charge is 2.43. The molecule has 1 N–H and O–H groups in total. The molecule has 2 aromatic carbocycles. The van der Waals surface area contributed by atoms with Gasteiger partial charge in [-0.1, -0.05) is 67.6 Å². The van der Waals surface area contributed by atoms with Crippen LogP contribution in [0, 0.1) is 0 Å². The first kappa shape index (κ1) is 21.5. The maximum absolute atomic E-state index is 12.7. The Labute approximate surface area is 168 Å². The van der Waals surface area contributed by atoms with E-state index in [1.165, 1.54) is 6.92 Å². The SMILES string of the molecule is CC[C@](NC(=O)OCc1ccccc1)(SC(C)=O)C(=O)OCc1ccccc1. The van der Waals surface area contributed by atoms with Crippen molar-refractivity contribution in [1.29, 1.82) is 0 Å². The van der Waals surface area contributed by atoms with Gasteiger partial charge in [0.25, 0.3) is 0 Å². The summed E-state index contributed by atoms with van der Waals surface area (Å²) in [6.45, 7) is 3.12. The smallest absolute Gasteiger partial charge is 0.409 e. The van der Waals surface area contributed by atoms with E-state index in [1.54, 1.807) is 6.92 Å². The Kier molecular flexibility index (Phi) is 8.07. The lowest BCUT2D eigenvalue weighted by Gasteiger charge is -2.29. The number of amides is 1. The summed E-state index contributed by atoms with van der Waals surface area (Å²) in [5, 5.41) is 2.21. The minimum absolute atomic E-state index is 0.0423. The summed E-state index contributed by atoms with van der Waals surface area (Å²) in [6.07, 6.45) is -0.637. The number of alkyl carbamates (subject to hydrolysis) is 1. The molecular formula is C21H23NO5S. The summed E-state index contributed by atoms with van der Waals surface area (Å²) in [7, 11) is 0. The topological polar surface area (TPSA) is 81.7 Å². The van der Waals surface area contributed by atoms with E-state index in [0.29, 0.717) is 11.8 Å². The highest BCUT2D eigenvalue weighted by molar-refractivity contribution is 8.15. The maximum Gasteiger partial charge on any atom is 0.409 e. The number of hydrogen-bond donors (Lipinski definition) is 1. The predicted molar refractivity (Wildman–Crippen MR) is 107 cm³/mol. The minimum Gasteiger partial charge on any atom is -0.458 e. The molecule has 2 aromatic rings. The molecule has 0 saturated heterocycles. The quantitative estimate of drug-likeness (QED) is 0.531. The molecule has 0 radical (unpaired) electrons. The number of carbonyl (C=O) groups is 3. The fraction of sp³-hybridized carbons (Fsp3) is 0.286. The van der Waals surface area contributed by atoms with Gasteiger partial charge in [-0.2, -0.15) is 0 Å². The second-order valence-corrected chi connectivity index (χ2v) is 7.50. The molecule has 0 bridgehead atoms. The first-order valence-electron chi connectivity index (χ1n) is 8.85. The summed E-state index contributed by atoms with van der Waals surface area (Å²) in [5.41, 5.74) is 1.62. The lowest BCUT2D eigenvalue weighted by atomic mass is 10.2. The molecule has 1 amide bonds. The van der Waals surface area contributed by atoms with E-state index in [-0.39, 0.29) is 24.7 Å². The fourth-order valence-corrected chi connectivity index (χ4v) is 3.34. The van der Waals surface area contributed by atoms with Crippen LogP contribution in [0.3, 0.4) is 0 Å². The van der Waals surface area contributed by atoms with Crippen LogP contribution in [0.1, 0.15) is 31.4 Å². The van der Waals surface area contributed by atoms with Crippen LogP contribution in [0.15, 0.2) is 60.7 Å². The predicted octanol–water partition coefficient (Wildman–Crippen LogP) is 4.04. The van der Waals surface area contributed by atoms with E-state index < -0.39 is 16.9 Å². The van der Waals surface area contributed by atoms with Crippen molar-refractivity contribution < 1.29 is 23.9 Å². The van der Waals surface area contributed by atoms with Crippen LogP contribution in [0.2, 0.25) is 0 Å². The molecule has 0 aliphatic heterocycles. The van der Waals surface area contributed by atoms with Gasteiger partial charge in [-0.3, -0.25) is 10.1 Å². The van der Waals surface area contributed by atoms with Gasteiger partial charge in [0.1, 0.15) is 13.2 Å². The average molecular weight is 401 g/mol. The molecule has 0 fully saturated rings. The van der Waals surface area contributed by atoms with Crippen molar-refractivity contribution >= 4 is 28.9 Å². The van der Waals surface area contributed by atoms with Gasteiger partial charge in [0.2, 0.25) is 0 Å². The minimum atomic E-state index is -1.55. The Balaban J connectivity index is 2.04. The second kappa shape index (κ2) is 10.5. The Morgan fingerprint density at radius 1 is 0.893 bits per heavy atom. The Morgan fingerprint density at radius 3 is 1.86 bits per heavy atom. The van der Waals surface area contributed by atoms with Crippen molar-refractivity contribution in [1.82, 2.24) is 5.32 Å². The molecule has 0 saturated carbocycles. The van der Waals surface area contributed by atoms with Crippen molar-refractivity contribution in [3.8, 4) is 0 Å². The third kappa shape index (κ3) is 6.42. The molecule has 0 spiro atoms. The van der Waals surface area contributed by atoms with Crippen LogP contribution in [-0.4, -0.2) is 22.0 Å². The van der Waals surface area contributed by atoms with E-state index in [4.69, 9.17) is 9.47 Å². The maximum atomic E-state index is 12.7. The molecule has 0 aliphatic carbocycles. The van der Waals surface area contributed by atoms with Crippen LogP contribution < -0.4 is 5.32 Å². The van der Waals surface area contributed by atoms with Gasteiger partial charge in [-0.25, -0.2) is 9.59 Å². The van der Waals surface area contributed by atoms with Gasteiger partial charge in [0.15, 0.2) is 9.99 Å². The molecule has 0 aromatic heterocycles. The first-order valence-corrected chi connectivity index (χ1v) is 9.66. The van der Waals surface area contributed by atoms with Crippen molar-refractivity contribution in [2.75, 3.05) is 0 Å². The van der Waals surface area contributed by atoms with Gasteiger partial charge in [-0.15, -0.1) is 0 Å². The van der Waals surface area contributed by atoms with Crippen LogP contribution in [0.5, 0.6) is 0 Å². The first-order chi connectivity index (χ1) is 13.4. The molecule has 6 nitrogen and oxygen atoms in total. The molecule has 1 atom stereocenters. The van der Waals surface area contributed by atoms with Crippen molar-refractivity contribution in [3.05, 3.63) is 71.8 Å². The Hall–Kier alpha value is -2.80. The van der Waals surface area contributed by atoms with Crippen LogP contribution >= 0.6 is 11.8 Å². The second-order valence-electron chi connectivity index (χ2n) is 6.02. The van der Waals surface area contributed by atoms with Crippen LogP contribution in [0.25, 0.3) is 0 Å². The average Bonchev–Trinajstić information content (AvgIpc) is 2.71. The summed E-state index contributed by atoms with van der Waals surface area (Å²) in [6, 6.07) is 18.3. The number of hydrogen-bond acceptors (Lipinski definition) is 6. The van der Waals surface area contributed by atoms with E-state index >= 15 is 0 Å². The molecular weight excluding hydrogens is 378 g/mol. The molecule has 7 heteroatoms. The number of carbonyl (C=O) groups excluding carboxylic acids is 3. The van der Waals surface area contributed by atoms with E-state index in [1.807, 2.05) is 60.7 Å². The summed E-state index contributed by atoms with van der Waals surface area (Å²) in [5.74, 6) is -0.698. The highest BCUT2D eigenvalue weighted by Crippen LogP contribution is 2.29. The summed E-state index contributed by atoms with van der Waals surface area (Å²) < 4.78 is 10.6. The van der Waals surface area contributed by atoms with Crippen LogP contribution in [0.4, 0.5) is 4.79 Å². The van der Waals surface area contributed by atoms with Crippen LogP contribution in [-0.2, 0) is 32.3 Å². The van der Waals surface area contributed by atoms with Gasteiger partial charge >= 0.3 is 12.1 Å². The zero-order valence-electron chi connectivity index (χ0n) is 15.8. The van der Waals surface area contributed by atoms with Crippen molar-refractivity contribution in [2.24, 2.45) is 0 Å². The van der Waals surface area contributed by atoms with Crippen molar-refractivity contribution in [3.63, 3.8) is 0 Å².